The van der Waals surface area contributed by atoms with Gasteiger partial charge in [0.05, 0.1) is 21.3 Å². The van der Waals surface area contributed by atoms with Crippen LogP contribution >= 0.6 is 0 Å². The summed E-state index contributed by atoms with van der Waals surface area (Å²) in [6.45, 7) is 1.93. The molecule has 0 fully saturated rings. The summed E-state index contributed by atoms with van der Waals surface area (Å²) in [5.74, 6) is 0.752. The molecule has 0 amide bonds. The van der Waals surface area contributed by atoms with E-state index in [4.69, 9.17) is 19.9 Å². The number of hydrogen-bond donors (Lipinski definition) is 1. The van der Waals surface area contributed by atoms with E-state index in [2.05, 4.69) is 0 Å². The fraction of sp³-hybridized carbons (Fsp3) is 0.538. The first-order valence-corrected chi connectivity index (χ1v) is 7.75. The standard InChI is InChI=1S/C13H22N2O5S/c1-9(8-14)15(2)21(16,17)13-11(19-4)6-10(18-3)7-12(13)20-5/h6-7,9H,8,14H2,1-5H3. The largest absolute Gasteiger partial charge is 0.496 e. The van der Waals surface area contributed by atoms with E-state index in [0.717, 1.165) is 0 Å². The summed E-state index contributed by atoms with van der Waals surface area (Å²) < 4.78 is 42.2. The van der Waals surface area contributed by atoms with E-state index in [-0.39, 0.29) is 29.0 Å². The molecule has 1 unspecified atom stereocenters. The summed E-state index contributed by atoms with van der Waals surface area (Å²) in [7, 11) is 1.91. The Kier molecular flexibility index (Phi) is 5.82. The molecule has 0 heterocycles. The van der Waals surface area contributed by atoms with Crippen molar-refractivity contribution in [2.45, 2.75) is 17.9 Å². The average molecular weight is 318 g/mol. The molecule has 0 spiro atoms. The van der Waals surface area contributed by atoms with Gasteiger partial charge in [-0.3, -0.25) is 0 Å². The van der Waals surface area contributed by atoms with Crippen LogP contribution in [-0.4, -0.2) is 53.7 Å². The molecule has 0 aliphatic heterocycles. The number of nitrogens with zero attached hydrogens (tertiary/aromatic N) is 1. The van der Waals surface area contributed by atoms with Crippen LogP contribution in [-0.2, 0) is 10.0 Å². The van der Waals surface area contributed by atoms with Gasteiger partial charge in [-0.2, -0.15) is 4.31 Å². The van der Waals surface area contributed by atoms with E-state index in [9.17, 15) is 8.42 Å². The lowest BCUT2D eigenvalue weighted by atomic mass is 10.3. The number of ether oxygens (including phenoxy) is 3. The van der Waals surface area contributed by atoms with Crippen LogP contribution in [0.2, 0.25) is 0 Å². The summed E-state index contributed by atoms with van der Waals surface area (Å²) in [4.78, 5) is -0.0453. The SMILES string of the molecule is COc1cc(OC)c(S(=O)(=O)N(C)C(C)CN)c(OC)c1. The van der Waals surface area contributed by atoms with Gasteiger partial charge in [0.1, 0.15) is 17.2 Å². The van der Waals surface area contributed by atoms with Crippen molar-refractivity contribution in [1.82, 2.24) is 4.31 Å². The van der Waals surface area contributed by atoms with Crippen LogP contribution in [0, 0.1) is 0 Å². The van der Waals surface area contributed by atoms with Crippen molar-refractivity contribution in [2.24, 2.45) is 5.73 Å². The molecule has 0 aliphatic carbocycles. The Balaban J connectivity index is 3.53. The molecule has 8 heteroatoms. The maximum absolute atomic E-state index is 12.8. The lowest BCUT2D eigenvalue weighted by molar-refractivity contribution is 0.349. The molecule has 1 aromatic carbocycles. The number of sulfonamides is 1. The highest BCUT2D eigenvalue weighted by Crippen LogP contribution is 2.39. The summed E-state index contributed by atoms with van der Waals surface area (Å²) in [6.07, 6.45) is 0. The van der Waals surface area contributed by atoms with E-state index in [0.29, 0.717) is 5.75 Å². The third kappa shape index (κ3) is 3.39. The van der Waals surface area contributed by atoms with Crippen LogP contribution in [0.3, 0.4) is 0 Å². The minimum absolute atomic E-state index is 0.0453. The fourth-order valence-electron chi connectivity index (χ4n) is 1.76. The second-order valence-corrected chi connectivity index (χ2v) is 6.40. The first-order valence-electron chi connectivity index (χ1n) is 6.31. The van der Waals surface area contributed by atoms with E-state index in [1.807, 2.05) is 0 Å². The Morgan fingerprint density at radius 3 is 1.95 bits per heavy atom. The lowest BCUT2D eigenvalue weighted by Crippen LogP contribution is -2.39. The summed E-state index contributed by atoms with van der Waals surface area (Å²) in [5.41, 5.74) is 5.55. The highest BCUT2D eigenvalue weighted by molar-refractivity contribution is 7.89. The smallest absolute Gasteiger partial charge is 0.250 e. The van der Waals surface area contributed by atoms with Crippen LogP contribution < -0.4 is 19.9 Å². The monoisotopic (exact) mass is 318 g/mol. The van der Waals surface area contributed by atoms with Gasteiger partial charge in [0.2, 0.25) is 0 Å². The van der Waals surface area contributed by atoms with Crippen LogP contribution in [0.1, 0.15) is 6.92 Å². The van der Waals surface area contributed by atoms with Crippen LogP contribution in [0.15, 0.2) is 17.0 Å². The highest BCUT2D eigenvalue weighted by Gasteiger charge is 2.32. The molecule has 1 aromatic rings. The fourth-order valence-corrected chi connectivity index (χ4v) is 3.40. The molecule has 0 bridgehead atoms. The Labute approximate surface area is 125 Å². The van der Waals surface area contributed by atoms with Gasteiger partial charge < -0.3 is 19.9 Å². The number of likely N-dealkylation sites (N-methyl/N-ethyl adjacent to an activating group) is 1. The molecule has 7 nitrogen and oxygen atoms in total. The van der Waals surface area contributed by atoms with E-state index < -0.39 is 10.0 Å². The summed E-state index contributed by atoms with van der Waals surface area (Å²) in [6, 6.07) is 2.64. The Hall–Kier alpha value is -1.51. The van der Waals surface area contributed by atoms with Crippen molar-refractivity contribution in [2.75, 3.05) is 34.9 Å². The van der Waals surface area contributed by atoms with Gasteiger partial charge in [0, 0.05) is 31.8 Å². The second kappa shape index (κ2) is 6.97. The van der Waals surface area contributed by atoms with Gasteiger partial charge in [-0.1, -0.05) is 0 Å². The first-order chi connectivity index (χ1) is 9.83. The summed E-state index contributed by atoms with van der Waals surface area (Å²) >= 11 is 0. The van der Waals surface area contributed by atoms with E-state index in [1.54, 1.807) is 6.92 Å². The van der Waals surface area contributed by atoms with Crippen molar-refractivity contribution in [1.29, 1.82) is 0 Å². The van der Waals surface area contributed by atoms with Gasteiger partial charge in [-0.05, 0) is 6.92 Å². The Morgan fingerprint density at radius 1 is 1.14 bits per heavy atom. The minimum Gasteiger partial charge on any atom is -0.496 e. The topological polar surface area (TPSA) is 91.1 Å². The van der Waals surface area contributed by atoms with Crippen LogP contribution in [0.4, 0.5) is 0 Å². The van der Waals surface area contributed by atoms with Gasteiger partial charge in [-0.25, -0.2) is 8.42 Å². The van der Waals surface area contributed by atoms with E-state index in [1.165, 1.54) is 44.8 Å². The zero-order valence-corrected chi connectivity index (χ0v) is 13.7. The number of hydrogen-bond acceptors (Lipinski definition) is 6. The maximum Gasteiger partial charge on any atom is 0.250 e. The molecule has 1 atom stereocenters. The van der Waals surface area contributed by atoms with Crippen molar-refractivity contribution in [3.8, 4) is 17.2 Å². The number of benzene rings is 1. The highest BCUT2D eigenvalue weighted by atomic mass is 32.2. The molecule has 2 N–H and O–H groups in total. The van der Waals surface area contributed by atoms with Crippen LogP contribution in [0.5, 0.6) is 17.2 Å². The van der Waals surface area contributed by atoms with Gasteiger partial charge in [0.25, 0.3) is 10.0 Å². The third-order valence-corrected chi connectivity index (χ3v) is 5.31. The zero-order valence-electron chi connectivity index (χ0n) is 12.9. The molecule has 1 rings (SSSR count). The lowest BCUT2D eigenvalue weighted by Gasteiger charge is -2.25. The maximum atomic E-state index is 12.8. The molecule has 0 saturated carbocycles. The minimum atomic E-state index is -3.81. The van der Waals surface area contributed by atoms with Crippen LogP contribution in [0.25, 0.3) is 0 Å². The Morgan fingerprint density at radius 2 is 1.62 bits per heavy atom. The zero-order chi connectivity index (χ0) is 16.2. The molecule has 0 aromatic heterocycles. The molecular weight excluding hydrogens is 296 g/mol. The van der Waals surface area contributed by atoms with Crippen molar-refractivity contribution in [3.05, 3.63) is 12.1 Å². The van der Waals surface area contributed by atoms with Crippen molar-refractivity contribution < 1.29 is 22.6 Å². The second-order valence-electron chi connectivity index (χ2n) is 4.47. The van der Waals surface area contributed by atoms with Gasteiger partial charge in [-0.15, -0.1) is 0 Å². The first kappa shape index (κ1) is 17.5. The van der Waals surface area contributed by atoms with Gasteiger partial charge in [0.15, 0.2) is 4.90 Å². The third-order valence-electron chi connectivity index (χ3n) is 3.27. The molecule has 21 heavy (non-hydrogen) atoms. The number of rotatable bonds is 7. The predicted octanol–water partition coefficient (Wildman–Crippen LogP) is 0.680. The quantitative estimate of drug-likeness (QED) is 0.795. The number of nitrogens with two attached hydrogens (primary N) is 1. The molecular formula is C13H22N2O5S. The normalized spacial score (nSPS) is 13.1. The summed E-state index contributed by atoms with van der Waals surface area (Å²) in [5, 5.41) is 0. The average Bonchev–Trinajstić information content (AvgIpc) is 2.51. The van der Waals surface area contributed by atoms with Crippen molar-refractivity contribution >= 4 is 10.0 Å². The van der Waals surface area contributed by atoms with Gasteiger partial charge >= 0.3 is 0 Å². The molecule has 0 saturated heterocycles. The van der Waals surface area contributed by atoms with E-state index >= 15 is 0 Å². The number of methoxy groups -OCH3 is 3. The molecule has 0 radical (unpaired) electrons. The predicted molar refractivity (Wildman–Crippen MR) is 79.6 cm³/mol. The molecule has 120 valence electrons. The Bertz CT molecular complexity index is 563. The molecule has 0 aliphatic rings. The van der Waals surface area contributed by atoms with Crippen molar-refractivity contribution in [3.63, 3.8) is 0 Å².